The van der Waals surface area contributed by atoms with Crippen LogP contribution in [-0.4, -0.2) is 39.9 Å². The van der Waals surface area contributed by atoms with Crippen molar-refractivity contribution in [3.05, 3.63) is 74.8 Å². The number of carbonyl (C=O) groups is 2. The maximum atomic E-state index is 13.7. The zero-order valence-electron chi connectivity index (χ0n) is 21.7. The number of ketones is 1. The molecule has 1 unspecified atom stereocenters. The van der Waals surface area contributed by atoms with Crippen molar-refractivity contribution in [1.29, 1.82) is 0 Å². The molecule has 0 saturated carbocycles. The van der Waals surface area contributed by atoms with Crippen molar-refractivity contribution in [3.63, 3.8) is 0 Å². The van der Waals surface area contributed by atoms with E-state index >= 15 is 0 Å². The highest BCUT2D eigenvalue weighted by molar-refractivity contribution is 7.14. The number of hydrogen-bond acceptors (Lipinski definition) is 8. The fourth-order valence-electron chi connectivity index (χ4n) is 4.32. The Balaban J connectivity index is 1.78. The van der Waals surface area contributed by atoms with Crippen LogP contribution in [-0.2, 0) is 11.3 Å². The standard InChI is InChI=1S/C28H32N2O6S/c1-6-34-22-14-19(9-10-21(22)36-13-11-16(2)3)24-23(25(31)27-17(4)29-18(5)37-27)26(32)28(33)30(24)15-20-8-7-12-35-20/h7-10,12,14,16,24,32H,6,11,13,15H2,1-5H3. The maximum Gasteiger partial charge on any atom is 0.290 e. The predicted octanol–water partition coefficient (Wildman–Crippen LogP) is 5.96. The highest BCUT2D eigenvalue weighted by Gasteiger charge is 2.45. The monoisotopic (exact) mass is 524 g/mol. The molecule has 1 amide bonds. The van der Waals surface area contributed by atoms with Crippen LogP contribution in [0.15, 0.2) is 52.3 Å². The van der Waals surface area contributed by atoms with Gasteiger partial charge in [-0.2, -0.15) is 0 Å². The first-order valence-electron chi connectivity index (χ1n) is 12.4. The molecule has 3 aromatic rings. The summed E-state index contributed by atoms with van der Waals surface area (Å²) in [6.07, 6.45) is 2.41. The summed E-state index contributed by atoms with van der Waals surface area (Å²) in [7, 11) is 0. The molecule has 1 atom stereocenters. The molecule has 1 aromatic carbocycles. The highest BCUT2D eigenvalue weighted by Crippen LogP contribution is 2.43. The second-order valence-electron chi connectivity index (χ2n) is 9.32. The van der Waals surface area contributed by atoms with Gasteiger partial charge in [0, 0.05) is 0 Å². The third kappa shape index (κ3) is 5.56. The molecular weight excluding hydrogens is 492 g/mol. The van der Waals surface area contributed by atoms with Crippen LogP contribution < -0.4 is 9.47 Å². The summed E-state index contributed by atoms with van der Waals surface area (Å²) in [5.41, 5.74) is 1.19. The van der Waals surface area contributed by atoms with Crippen molar-refractivity contribution >= 4 is 23.0 Å². The second-order valence-corrected chi connectivity index (χ2v) is 10.5. The average Bonchev–Trinajstić information content (AvgIpc) is 3.55. The Morgan fingerprint density at radius 2 is 2.00 bits per heavy atom. The van der Waals surface area contributed by atoms with Gasteiger partial charge >= 0.3 is 0 Å². The lowest BCUT2D eigenvalue weighted by molar-refractivity contribution is -0.130. The van der Waals surface area contributed by atoms with E-state index in [0.29, 0.717) is 52.5 Å². The van der Waals surface area contributed by atoms with Crippen molar-refractivity contribution < 1.29 is 28.6 Å². The number of aliphatic hydroxyl groups excluding tert-OH is 1. The number of benzene rings is 1. The minimum atomic E-state index is -0.851. The van der Waals surface area contributed by atoms with Gasteiger partial charge in [0.2, 0.25) is 5.78 Å². The summed E-state index contributed by atoms with van der Waals surface area (Å²) in [5, 5.41) is 11.7. The first-order valence-corrected chi connectivity index (χ1v) is 13.2. The zero-order valence-corrected chi connectivity index (χ0v) is 22.6. The number of rotatable bonds is 11. The van der Waals surface area contributed by atoms with E-state index in [-0.39, 0.29) is 12.1 Å². The number of nitrogens with zero attached hydrogens (tertiary/aromatic N) is 2. The van der Waals surface area contributed by atoms with Crippen molar-refractivity contribution in [3.8, 4) is 11.5 Å². The Bertz CT molecular complexity index is 1310. The van der Waals surface area contributed by atoms with Crippen molar-refractivity contribution in [2.24, 2.45) is 5.92 Å². The Morgan fingerprint density at radius 3 is 2.62 bits per heavy atom. The number of furan rings is 1. The summed E-state index contributed by atoms with van der Waals surface area (Å²) in [5.74, 6) is 0.496. The highest BCUT2D eigenvalue weighted by atomic mass is 32.1. The van der Waals surface area contributed by atoms with Crippen LogP contribution in [0.2, 0.25) is 0 Å². The largest absolute Gasteiger partial charge is 0.503 e. The van der Waals surface area contributed by atoms with Crippen LogP contribution in [0.4, 0.5) is 0 Å². The lowest BCUT2D eigenvalue weighted by atomic mass is 9.94. The van der Waals surface area contributed by atoms with Crippen LogP contribution in [0.5, 0.6) is 11.5 Å². The lowest BCUT2D eigenvalue weighted by Gasteiger charge is -2.26. The van der Waals surface area contributed by atoms with E-state index in [0.717, 1.165) is 11.4 Å². The molecule has 196 valence electrons. The van der Waals surface area contributed by atoms with Gasteiger partial charge in [0.05, 0.1) is 53.2 Å². The molecule has 0 fully saturated rings. The molecule has 9 heteroatoms. The number of aryl methyl sites for hydroxylation is 2. The van der Waals surface area contributed by atoms with E-state index in [1.54, 1.807) is 37.3 Å². The van der Waals surface area contributed by atoms with Crippen LogP contribution in [0.1, 0.15) is 64.9 Å². The van der Waals surface area contributed by atoms with Gasteiger partial charge in [-0.25, -0.2) is 4.98 Å². The smallest absolute Gasteiger partial charge is 0.290 e. The molecule has 8 nitrogen and oxygen atoms in total. The number of thiazole rings is 1. The molecular formula is C28H32N2O6S. The number of aliphatic hydroxyl groups is 1. The van der Waals surface area contributed by atoms with E-state index in [1.807, 2.05) is 13.8 Å². The van der Waals surface area contributed by atoms with Crippen molar-refractivity contribution in [1.82, 2.24) is 9.88 Å². The maximum absolute atomic E-state index is 13.7. The van der Waals surface area contributed by atoms with Gasteiger partial charge in [0.1, 0.15) is 5.76 Å². The first kappa shape index (κ1) is 26.5. The van der Waals surface area contributed by atoms with Gasteiger partial charge in [-0.3, -0.25) is 9.59 Å². The summed E-state index contributed by atoms with van der Waals surface area (Å²) in [6, 6.07) is 7.99. The third-order valence-electron chi connectivity index (χ3n) is 6.10. The van der Waals surface area contributed by atoms with Crippen LogP contribution in [0.25, 0.3) is 0 Å². The number of Topliss-reactive ketones (excluding diaryl/α,β-unsaturated/α-hetero) is 1. The predicted molar refractivity (Wildman–Crippen MR) is 140 cm³/mol. The Labute approximate surface area is 220 Å². The Kier molecular flexibility index (Phi) is 8.02. The fourth-order valence-corrected chi connectivity index (χ4v) is 5.19. The van der Waals surface area contributed by atoms with Gasteiger partial charge in [-0.05, 0) is 62.9 Å². The number of aromatic nitrogens is 1. The summed E-state index contributed by atoms with van der Waals surface area (Å²) in [4.78, 5) is 33.2. The lowest BCUT2D eigenvalue weighted by Crippen LogP contribution is -2.30. The van der Waals surface area contributed by atoms with Crippen molar-refractivity contribution in [2.45, 2.75) is 53.6 Å². The van der Waals surface area contributed by atoms with E-state index < -0.39 is 23.5 Å². The van der Waals surface area contributed by atoms with Gasteiger partial charge in [-0.15, -0.1) is 11.3 Å². The molecule has 1 aliphatic heterocycles. The minimum Gasteiger partial charge on any atom is -0.503 e. The van der Waals surface area contributed by atoms with Crippen LogP contribution in [0.3, 0.4) is 0 Å². The van der Waals surface area contributed by atoms with E-state index in [9.17, 15) is 14.7 Å². The van der Waals surface area contributed by atoms with Gasteiger partial charge < -0.3 is 23.9 Å². The molecule has 0 spiro atoms. The Hall–Kier alpha value is -3.59. The first-order chi connectivity index (χ1) is 17.7. The summed E-state index contributed by atoms with van der Waals surface area (Å²) < 4.78 is 17.3. The van der Waals surface area contributed by atoms with Gasteiger partial charge in [0.25, 0.3) is 5.91 Å². The van der Waals surface area contributed by atoms with Crippen molar-refractivity contribution in [2.75, 3.05) is 13.2 Å². The van der Waals surface area contributed by atoms with Gasteiger partial charge in [0.15, 0.2) is 17.3 Å². The van der Waals surface area contributed by atoms with E-state index in [1.165, 1.54) is 22.5 Å². The number of amides is 1. The third-order valence-corrected chi connectivity index (χ3v) is 7.17. The molecule has 4 rings (SSSR count). The Morgan fingerprint density at radius 1 is 1.22 bits per heavy atom. The number of hydrogen-bond donors (Lipinski definition) is 1. The fraction of sp³-hybridized carbons (Fsp3) is 0.393. The SMILES string of the molecule is CCOc1cc(C2C(C(=O)c3sc(C)nc3C)=C(O)C(=O)N2Cc2ccco2)ccc1OCCC(C)C. The number of carbonyl (C=O) groups excluding carboxylic acids is 2. The number of ether oxygens (including phenoxy) is 2. The molecule has 0 saturated heterocycles. The average molecular weight is 525 g/mol. The molecule has 0 aliphatic carbocycles. The molecule has 0 bridgehead atoms. The second kappa shape index (κ2) is 11.2. The molecule has 1 aliphatic rings. The molecule has 1 N–H and O–H groups in total. The quantitative estimate of drug-likeness (QED) is 0.309. The van der Waals surface area contributed by atoms with E-state index in [2.05, 4.69) is 18.8 Å². The van der Waals surface area contributed by atoms with Crippen LogP contribution >= 0.6 is 11.3 Å². The van der Waals surface area contributed by atoms with Gasteiger partial charge in [-0.1, -0.05) is 19.9 Å². The summed E-state index contributed by atoms with van der Waals surface area (Å²) in [6.45, 7) is 10.7. The molecule has 2 aromatic heterocycles. The zero-order chi connectivity index (χ0) is 26.7. The van der Waals surface area contributed by atoms with Crippen LogP contribution in [0, 0.1) is 19.8 Å². The molecule has 37 heavy (non-hydrogen) atoms. The summed E-state index contributed by atoms with van der Waals surface area (Å²) >= 11 is 1.24. The normalized spacial score (nSPS) is 15.7. The molecule has 3 heterocycles. The van der Waals surface area contributed by atoms with E-state index in [4.69, 9.17) is 13.9 Å². The topological polar surface area (TPSA) is 102 Å². The minimum absolute atomic E-state index is 0.0132. The molecule has 0 radical (unpaired) electrons.